The molecular formula is C15H23N3. The number of nitriles is 1. The second-order valence-electron chi connectivity index (χ2n) is 5.55. The van der Waals surface area contributed by atoms with E-state index in [2.05, 4.69) is 25.2 Å². The lowest BCUT2D eigenvalue weighted by Gasteiger charge is -2.20. The maximum atomic E-state index is 8.93. The minimum atomic E-state index is 0.640. The Morgan fingerprint density at radius 2 is 2.28 bits per heavy atom. The van der Waals surface area contributed by atoms with E-state index in [1.165, 1.54) is 24.8 Å². The number of hydrogen-bond acceptors (Lipinski definition) is 2. The fourth-order valence-corrected chi connectivity index (χ4v) is 3.20. The summed E-state index contributed by atoms with van der Waals surface area (Å²) in [6, 6.07) is 4.82. The fourth-order valence-electron chi connectivity index (χ4n) is 3.20. The van der Waals surface area contributed by atoms with Crippen LogP contribution in [0.1, 0.15) is 44.4 Å². The molecule has 1 aromatic heterocycles. The molecule has 3 atom stereocenters. The van der Waals surface area contributed by atoms with Crippen molar-refractivity contribution < 1.29 is 0 Å². The maximum Gasteiger partial charge on any atom is 0.120 e. The molecule has 1 N–H and O–H groups in total. The van der Waals surface area contributed by atoms with Crippen molar-refractivity contribution in [3.63, 3.8) is 0 Å². The molecule has 1 aliphatic rings. The molecule has 0 saturated heterocycles. The predicted octanol–water partition coefficient (Wildman–Crippen LogP) is 2.81. The molecule has 1 aromatic rings. The minimum Gasteiger partial charge on any atom is -0.342 e. The Morgan fingerprint density at radius 3 is 2.83 bits per heavy atom. The monoisotopic (exact) mass is 245 g/mol. The summed E-state index contributed by atoms with van der Waals surface area (Å²) in [4.78, 5) is 0. The third-order valence-electron chi connectivity index (χ3n) is 4.50. The molecule has 0 spiro atoms. The van der Waals surface area contributed by atoms with E-state index in [0.29, 0.717) is 6.04 Å². The molecule has 1 saturated carbocycles. The lowest BCUT2D eigenvalue weighted by Crippen LogP contribution is -2.32. The van der Waals surface area contributed by atoms with Crippen LogP contribution in [0.15, 0.2) is 12.3 Å². The van der Waals surface area contributed by atoms with Crippen molar-refractivity contribution in [1.82, 2.24) is 9.88 Å². The molecule has 1 aliphatic carbocycles. The van der Waals surface area contributed by atoms with E-state index in [1.54, 1.807) is 0 Å². The van der Waals surface area contributed by atoms with E-state index in [1.807, 2.05) is 23.9 Å². The molecular weight excluding hydrogens is 222 g/mol. The topological polar surface area (TPSA) is 40.8 Å². The summed E-state index contributed by atoms with van der Waals surface area (Å²) in [6.45, 7) is 5.53. The highest BCUT2D eigenvalue weighted by Gasteiger charge is 2.30. The van der Waals surface area contributed by atoms with Crippen LogP contribution in [-0.4, -0.2) is 10.6 Å². The van der Waals surface area contributed by atoms with E-state index in [0.717, 1.165) is 24.1 Å². The van der Waals surface area contributed by atoms with Crippen LogP contribution in [0.25, 0.3) is 0 Å². The van der Waals surface area contributed by atoms with Gasteiger partial charge in [-0.1, -0.05) is 20.3 Å². The molecule has 0 aromatic carbocycles. The van der Waals surface area contributed by atoms with Crippen LogP contribution < -0.4 is 5.32 Å². The molecule has 1 fully saturated rings. The van der Waals surface area contributed by atoms with Crippen molar-refractivity contribution in [2.45, 2.75) is 45.7 Å². The molecule has 3 nitrogen and oxygen atoms in total. The summed E-state index contributed by atoms with van der Waals surface area (Å²) in [7, 11) is 1.92. The quantitative estimate of drug-likeness (QED) is 0.886. The summed E-state index contributed by atoms with van der Waals surface area (Å²) in [5.74, 6) is 1.65. The van der Waals surface area contributed by atoms with Gasteiger partial charge in [0.2, 0.25) is 0 Å². The number of nitrogens with one attached hydrogen (secondary N) is 1. The zero-order valence-corrected chi connectivity index (χ0v) is 11.6. The number of aromatic nitrogens is 1. The van der Waals surface area contributed by atoms with Crippen molar-refractivity contribution in [3.8, 4) is 6.07 Å². The van der Waals surface area contributed by atoms with Gasteiger partial charge in [0, 0.05) is 25.8 Å². The van der Waals surface area contributed by atoms with Crippen molar-refractivity contribution in [2.24, 2.45) is 18.9 Å². The molecule has 0 bridgehead atoms. The molecule has 98 valence electrons. The Labute approximate surface area is 110 Å². The highest BCUT2D eigenvalue weighted by atomic mass is 15.0. The van der Waals surface area contributed by atoms with Crippen LogP contribution in [0.4, 0.5) is 0 Å². The van der Waals surface area contributed by atoms with Crippen LogP contribution in [0.3, 0.4) is 0 Å². The van der Waals surface area contributed by atoms with Gasteiger partial charge in [-0.15, -0.1) is 0 Å². The first-order valence-corrected chi connectivity index (χ1v) is 6.94. The van der Waals surface area contributed by atoms with Gasteiger partial charge in [0.05, 0.1) is 0 Å². The Bertz CT molecular complexity index is 441. The molecule has 0 aliphatic heterocycles. The lowest BCUT2D eigenvalue weighted by atomic mass is 9.93. The Morgan fingerprint density at radius 1 is 1.50 bits per heavy atom. The van der Waals surface area contributed by atoms with E-state index < -0.39 is 0 Å². The predicted molar refractivity (Wildman–Crippen MR) is 72.9 cm³/mol. The van der Waals surface area contributed by atoms with Crippen LogP contribution in [-0.2, 0) is 13.6 Å². The van der Waals surface area contributed by atoms with Crippen LogP contribution in [0.2, 0.25) is 0 Å². The van der Waals surface area contributed by atoms with Crippen molar-refractivity contribution in [1.29, 1.82) is 5.26 Å². The second kappa shape index (κ2) is 5.58. The summed E-state index contributed by atoms with van der Waals surface area (Å²) in [5.41, 5.74) is 1.94. The van der Waals surface area contributed by atoms with Gasteiger partial charge in [-0.2, -0.15) is 5.26 Å². The van der Waals surface area contributed by atoms with Crippen LogP contribution >= 0.6 is 0 Å². The molecule has 2 rings (SSSR count). The van der Waals surface area contributed by atoms with E-state index in [9.17, 15) is 0 Å². The van der Waals surface area contributed by atoms with Crippen LogP contribution in [0.5, 0.6) is 0 Å². The normalized spacial score (nSPS) is 27.3. The third-order valence-corrected chi connectivity index (χ3v) is 4.50. The number of aryl methyl sites for hydroxylation is 1. The van der Waals surface area contributed by atoms with Crippen molar-refractivity contribution in [2.75, 3.05) is 0 Å². The number of hydrogen-bond donors (Lipinski definition) is 1. The van der Waals surface area contributed by atoms with Gasteiger partial charge in [0.25, 0.3) is 0 Å². The highest BCUT2D eigenvalue weighted by molar-refractivity contribution is 5.28. The van der Waals surface area contributed by atoms with E-state index in [-0.39, 0.29) is 0 Å². The van der Waals surface area contributed by atoms with Crippen LogP contribution in [0, 0.1) is 23.2 Å². The van der Waals surface area contributed by atoms with Gasteiger partial charge in [0.15, 0.2) is 0 Å². The first-order valence-electron chi connectivity index (χ1n) is 6.94. The Hall–Kier alpha value is -1.27. The maximum absolute atomic E-state index is 8.93. The zero-order valence-electron chi connectivity index (χ0n) is 11.6. The first-order chi connectivity index (χ1) is 8.65. The average molecular weight is 245 g/mol. The van der Waals surface area contributed by atoms with Gasteiger partial charge in [0.1, 0.15) is 11.8 Å². The summed E-state index contributed by atoms with van der Waals surface area (Å²) in [6.07, 6.45) is 5.98. The van der Waals surface area contributed by atoms with Gasteiger partial charge in [-0.3, -0.25) is 0 Å². The second-order valence-corrected chi connectivity index (χ2v) is 5.55. The molecule has 3 unspecified atom stereocenters. The molecule has 1 heterocycles. The SMILES string of the molecule is CCC1CCC(NCc2cc(C#N)n(C)c2)C1C. The summed E-state index contributed by atoms with van der Waals surface area (Å²) in [5, 5.41) is 12.6. The van der Waals surface area contributed by atoms with Gasteiger partial charge in [-0.25, -0.2) is 0 Å². The van der Waals surface area contributed by atoms with Gasteiger partial charge in [-0.05, 0) is 36.3 Å². The highest BCUT2D eigenvalue weighted by Crippen LogP contribution is 2.33. The number of nitrogens with zero attached hydrogens (tertiary/aromatic N) is 2. The van der Waals surface area contributed by atoms with E-state index in [4.69, 9.17) is 5.26 Å². The smallest absolute Gasteiger partial charge is 0.120 e. The van der Waals surface area contributed by atoms with Gasteiger partial charge < -0.3 is 9.88 Å². The number of rotatable bonds is 4. The van der Waals surface area contributed by atoms with Crippen molar-refractivity contribution >= 4 is 0 Å². The summed E-state index contributed by atoms with van der Waals surface area (Å²) < 4.78 is 1.89. The third kappa shape index (κ3) is 2.59. The molecule has 0 radical (unpaired) electrons. The largest absolute Gasteiger partial charge is 0.342 e. The molecule has 18 heavy (non-hydrogen) atoms. The summed E-state index contributed by atoms with van der Waals surface area (Å²) >= 11 is 0. The lowest BCUT2D eigenvalue weighted by molar-refractivity contribution is 0.344. The zero-order chi connectivity index (χ0) is 13.1. The first kappa shape index (κ1) is 13.2. The molecule has 3 heteroatoms. The Kier molecular flexibility index (Phi) is 4.08. The standard InChI is InChI=1S/C15H23N3/c1-4-13-5-6-15(11(13)2)17-9-12-7-14(8-16)18(3)10-12/h7,10-11,13,15,17H,4-6,9H2,1-3H3. The fraction of sp³-hybridized carbons (Fsp3) is 0.667. The Balaban J connectivity index is 1.90. The average Bonchev–Trinajstić information content (AvgIpc) is 2.90. The molecule has 0 amide bonds. The van der Waals surface area contributed by atoms with Crippen molar-refractivity contribution in [3.05, 3.63) is 23.5 Å². The van der Waals surface area contributed by atoms with E-state index >= 15 is 0 Å². The van der Waals surface area contributed by atoms with Gasteiger partial charge >= 0.3 is 0 Å². The minimum absolute atomic E-state index is 0.640.